The van der Waals surface area contributed by atoms with E-state index in [0.717, 1.165) is 17.6 Å². The summed E-state index contributed by atoms with van der Waals surface area (Å²) < 4.78 is 0. The summed E-state index contributed by atoms with van der Waals surface area (Å²) in [6, 6.07) is 10.3. The van der Waals surface area contributed by atoms with E-state index >= 15 is 0 Å². The molecular formula is C17H18. The number of allylic oxidation sites excluding steroid dienone is 4. The first-order chi connectivity index (χ1) is 8.22. The average Bonchev–Trinajstić information content (AvgIpc) is 2.65. The van der Waals surface area contributed by atoms with Crippen molar-refractivity contribution < 1.29 is 0 Å². The zero-order valence-corrected chi connectivity index (χ0v) is 10.1. The Labute approximate surface area is 104 Å². The molecule has 1 saturated carbocycles. The van der Waals surface area contributed by atoms with Crippen molar-refractivity contribution in [1.82, 2.24) is 0 Å². The van der Waals surface area contributed by atoms with Gasteiger partial charge in [0.15, 0.2) is 0 Å². The summed E-state index contributed by atoms with van der Waals surface area (Å²) in [6.07, 6.45) is 7.43. The fourth-order valence-corrected chi connectivity index (χ4v) is 2.26. The molecule has 0 aromatic heterocycles. The normalized spacial score (nSPS) is 24.5. The van der Waals surface area contributed by atoms with E-state index < -0.39 is 0 Å². The highest BCUT2D eigenvalue weighted by Crippen LogP contribution is 2.40. The molecule has 1 aliphatic rings. The van der Waals surface area contributed by atoms with E-state index in [1.54, 1.807) is 0 Å². The van der Waals surface area contributed by atoms with Gasteiger partial charge in [0.2, 0.25) is 0 Å². The third-order valence-corrected chi connectivity index (χ3v) is 3.42. The minimum absolute atomic E-state index is 0.396. The zero-order valence-electron chi connectivity index (χ0n) is 10.1. The van der Waals surface area contributed by atoms with Crippen molar-refractivity contribution in [3.63, 3.8) is 0 Å². The zero-order chi connectivity index (χ0) is 12.3. The second kappa shape index (κ2) is 5.01. The Balaban J connectivity index is 2.11. The molecule has 0 radical (unpaired) electrons. The standard InChI is InChI=1S/C17H18/c1-4-16-12-17(14(3)13(16)2)11-10-15-8-6-5-7-9-15/h4-11,16-17H,1-3,12H2/b11-10-/t16-,17+/m0/s1. The fourth-order valence-electron chi connectivity index (χ4n) is 2.26. The van der Waals surface area contributed by atoms with E-state index in [1.807, 2.05) is 12.1 Å². The fraction of sp³-hybridized carbons (Fsp3) is 0.176. The van der Waals surface area contributed by atoms with Crippen LogP contribution in [0.1, 0.15) is 12.0 Å². The van der Waals surface area contributed by atoms with Crippen LogP contribution in [-0.2, 0) is 0 Å². The van der Waals surface area contributed by atoms with Gasteiger partial charge < -0.3 is 0 Å². The van der Waals surface area contributed by atoms with Gasteiger partial charge in [0, 0.05) is 11.8 Å². The van der Waals surface area contributed by atoms with Gasteiger partial charge in [-0.2, -0.15) is 0 Å². The van der Waals surface area contributed by atoms with Crippen LogP contribution in [0, 0.1) is 11.8 Å². The van der Waals surface area contributed by atoms with Crippen molar-refractivity contribution in [2.45, 2.75) is 6.42 Å². The van der Waals surface area contributed by atoms with Crippen LogP contribution < -0.4 is 0 Å². The van der Waals surface area contributed by atoms with Gasteiger partial charge >= 0.3 is 0 Å². The third kappa shape index (κ3) is 2.47. The lowest BCUT2D eigenvalue weighted by Crippen LogP contribution is -1.90. The molecule has 0 aliphatic heterocycles. The van der Waals surface area contributed by atoms with Gasteiger partial charge in [-0.05, 0) is 23.1 Å². The Morgan fingerprint density at radius 3 is 2.24 bits per heavy atom. The summed E-state index contributed by atoms with van der Waals surface area (Å²) in [4.78, 5) is 0. The molecular weight excluding hydrogens is 204 g/mol. The van der Waals surface area contributed by atoms with Gasteiger partial charge in [0.25, 0.3) is 0 Å². The van der Waals surface area contributed by atoms with Crippen molar-refractivity contribution in [2.75, 3.05) is 0 Å². The van der Waals surface area contributed by atoms with E-state index in [4.69, 9.17) is 0 Å². The molecule has 0 amide bonds. The van der Waals surface area contributed by atoms with Crippen LogP contribution in [0.25, 0.3) is 6.08 Å². The Morgan fingerprint density at radius 1 is 1.00 bits per heavy atom. The van der Waals surface area contributed by atoms with Crippen molar-refractivity contribution in [1.29, 1.82) is 0 Å². The van der Waals surface area contributed by atoms with E-state index in [-0.39, 0.29) is 0 Å². The highest BCUT2D eigenvalue weighted by Gasteiger charge is 2.27. The van der Waals surface area contributed by atoms with Crippen molar-refractivity contribution in [2.24, 2.45) is 11.8 Å². The second-order valence-corrected chi connectivity index (χ2v) is 4.50. The second-order valence-electron chi connectivity index (χ2n) is 4.50. The van der Waals surface area contributed by atoms with Gasteiger partial charge in [-0.3, -0.25) is 0 Å². The summed E-state index contributed by atoms with van der Waals surface area (Å²) in [7, 11) is 0. The Morgan fingerprint density at radius 2 is 1.65 bits per heavy atom. The first kappa shape index (κ1) is 11.7. The molecule has 1 aromatic rings. The lowest BCUT2D eigenvalue weighted by molar-refractivity contribution is 0.685. The molecule has 0 heterocycles. The molecule has 0 nitrogen and oxygen atoms in total. The first-order valence-corrected chi connectivity index (χ1v) is 5.96. The summed E-state index contributed by atoms with van der Waals surface area (Å²) >= 11 is 0. The predicted molar refractivity (Wildman–Crippen MR) is 75.6 cm³/mol. The quantitative estimate of drug-likeness (QED) is 0.654. The maximum atomic E-state index is 4.13. The number of hydrogen-bond acceptors (Lipinski definition) is 0. The van der Waals surface area contributed by atoms with Crippen LogP contribution in [0.4, 0.5) is 0 Å². The van der Waals surface area contributed by atoms with Crippen LogP contribution in [0.3, 0.4) is 0 Å². The number of rotatable bonds is 3. The lowest BCUT2D eigenvalue weighted by Gasteiger charge is -2.03. The van der Waals surface area contributed by atoms with Crippen LogP contribution in [0.2, 0.25) is 0 Å². The van der Waals surface area contributed by atoms with Gasteiger partial charge in [-0.25, -0.2) is 0 Å². The smallest absolute Gasteiger partial charge is 0.00269 e. The number of benzene rings is 1. The monoisotopic (exact) mass is 222 g/mol. The maximum Gasteiger partial charge on any atom is 0.00269 e. The van der Waals surface area contributed by atoms with Gasteiger partial charge in [0.1, 0.15) is 0 Å². The lowest BCUT2D eigenvalue weighted by atomic mass is 10.0. The minimum Gasteiger partial charge on any atom is -0.102 e. The van der Waals surface area contributed by atoms with Crippen LogP contribution in [0.5, 0.6) is 0 Å². The van der Waals surface area contributed by atoms with Crippen molar-refractivity contribution in [3.05, 3.63) is 78.9 Å². The van der Waals surface area contributed by atoms with Gasteiger partial charge in [-0.1, -0.05) is 61.7 Å². The highest BCUT2D eigenvalue weighted by molar-refractivity contribution is 5.52. The molecule has 0 heteroatoms. The van der Waals surface area contributed by atoms with Crippen molar-refractivity contribution in [3.8, 4) is 0 Å². The van der Waals surface area contributed by atoms with Crippen LogP contribution in [-0.4, -0.2) is 0 Å². The van der Waals surface area contributed by atoms with Crippen LogP contribution in [0.15, 0.2) is 73.4 Å². The molecule has 0 saturated heterocycles. The molecule has 2 rings (SSSR count). The molecule has 1 fully saturated rings. The van der Waals surface area contributed by atoms with E-state index in [0.29, 0.717) is 11.8 Å². The molecule has 2 atom stereocenters. The molecule has 1 aliphatic carbocycles. The SMILES string of the molecule is C=C[C@H]1C[C@@H](/C=C\c2ccccc2)C(=C)C1=C. The van der Waals surface area contributed by atoms with Gasteiger partial charge in [-0.15, -0.1) is 6.58 Å². The molecule has 0 N–H and O–H groups in total. The number of hydrogen-bond donors (Lipinski definition) is 0. The average molecular weight is 222 g/mol. The topological polar surface area (TPSA) is 0 Å². The molecule has 1 aromatic carbocycles. The Hall–Kier alpha value is -1.82. The van der Waals surface area contributed by atoms with Crippen LogP contribution >= 0.6 is 0 Å². The summed E-state index contributed by atoms with van der Waals surface area (Å²) in [6.45, 7) is 12.1. The summed E-state index contributed by atoms with van der Waals surface area (Å²) in [5.74, 6) is 0.804. The predicted octanol–water partition coefficient (Wildman–Crippen LogP) is 4.63. The Bertz CT molecular complexity index is 462. The Kier molecular flexibility index (Phi) is 3.43. The van der Waals surface area contributed by atoms with E-state index in [9.17, 15) is 0 Å². The van der Waals surface area contributed by atoms with E-state index in [2.05, 4.69) is 56.2 Å². The van der Waals surface area contributed by atoms with Crippen molar-refractivity contribution >= 4 is 6.08 Å². The largest absolute Gasteiger partial charge is 0.102 e. The van der Waals surface area contributed by atoms with E-state index in [1.165, 1.54) is 5.56 Å². The first-order valence-electron chi connectivity index (χ1n) is 5.96. The highest BCUT2D eigenvalue weighted by atomic mass is 14.3. The molecule has 0 unspecified atom stereocenters. The maximum absolute atomic E-state index is 4.13. The summed E-state index contributed by atoms with van der Waals surface area (Å²) in [5, 5.41) is 0. The molecule has 0 spiro atoms. The third-order valence-electron chi connectivity index (χ3n) is 3.42. The summed E-state index contributed by atoms with van der Waals surface area (Å²) in [5.41, 5.74) is 3.53. The van der Waals surface area contributed by atoms with Gasteiger partial charge in [0.05, 0.1) is 0 Å². The molecule has 86 valence electrons. The molecule has 0 bridgehead atoms. The molecule has 17 heavy (non-hydrogen) atoms. The minimum atomic E-state index is 0.396.